The first-order chi connectivity index (χ1) is 10.3. The van der Waals surface area contributed by atoms with E-state index in [-0.39, 0.29) is 0 Å². The first-order valence-corrected chi connectivity index (χ1v) is 7.32. The highest BCUT2D eigenvalue weighted by Gasteiger charge is 2.19. The van der Waals surface area contributed by atoms with Gasteiger partial charge >= 0.3 is 0 Å². The van der Waals surface area contributed by atoms with Gasteiger partial charge in [0.15, 0.2) is 0 Å². The molecule has 3 heteroatoms. The summed E-state index contributed by atoms with van der Waals surface area (Å²) >= 11 is 0. The molecule has 106 valence electrons. The molecule has 2 aromatic carbocycles. The summed E-state index contributed by atoms with van der Waals surface area (Å²) in [4.78, 5) is 2.37. The fraction of sp³-hybridized carbons (Fsp3) is 0.278. The van der Waals surface area contributed by atoms with Crippen LogP contribution in [0.25, 0.3) is 0 Å². The quantitative estimate of drug-likeness (QED) is 0.917. The minimum atomic E-state index is 0.423. The predicted octanol–water partition coefficient (Wildman–Crippen LogP) is 3.06. The Morgan fingerprint density at radius 3 is 2.81 bits per heavy atom. The zero-order chi connectivity index (χ0) is 14.7. The average molecular weight is 277 g/mol. The fourth-order valence-corrected chi connectivity index (χ4v) is 2.87. The summed E-state index contributed by atoms with van der Waals surface area (Å²) in [5, 5.41) is 12.8. The van der Waals surface area contributed by atoms with Gasteiger partial charge in [0.2, 0.25) is 0 Å². The Kier molecular flexibility index (Phi) is 3.89. The van der Waals surface area contributed by atoms with E-state index in [0.717, 1.165) is 30.8 Å². The third kappa shape index (κ3) is 2.91. The van der Waals surface area contributed by atoms with E-state index in [4.69, 9.17) is 0 Å². The maximum absolute atomic E-state index is 9.27. The summed E-state index contributed by atoms with van der Waals surface area (Å²) in [5.41, 5.74) is 4.43. The number of para-hydroxylation sites is 1. The molecule has 0 aromatic heterocycles. The number of anilines is 1. The van der Waals surface area contributed by atoms with Crippen molar-refractivity contribution < 1.29 is 0 Å². The second-order valence-corrected chi connectivity index (χ2v) is 5.56. The van der Waals surface area contributed by atoms with Crippen molar-refractivity contribution in [2.45, 2.75) is 26.1 Å². The molecule has 1 aliphatic heterocycles. The van der Waals surface area contributed by atoms with Gasteiger partial charge in [0, 0.05) is 31.4 Å². The lowest BCUT2D eigenvalue weighted by molar-refractivity contribution is 0.552. The fourth-order valence-electron chi connectivity index (χ4n) is 2.87. The van der Waals surface area contributed by atoms with Gasteiger partial charge in [-0.25, -0.2) is 0 Å². The molecule has 2 aromatic rings. The van der Waals surface area contributed by atoms with E-state index < -0.39 is 0 Å². The van der Waals surface area contributed by atoms with E-state index in [1.54, 1.807) is 0 Å². The Bertz CT molecular complexity index is 672. The van der Waals surface area contributed by atoms with Gasteiger partial charge in [-0.1, -0.05) is 36.4 Å². The van der Waals surface area contributed by atoms with Crippen molar-refractivity contribution in [3.05, 3.63) is 65.2 Å². The van der Waals surface area contributed by atoms with Crippen molar-refractivity contribution in [2.75, 3.05) is 11.4 Å². The van der Waals surface area contributed by atoms with Crippen LogP contribution in [0.1, 0.15) is 23.6 Å². The van der Waals surface area contributed by atoms with Gasteiger partial charge in [-0.3, -0.25) is 0 Å². The molecule has 0 amide bonds. The third-order valence-electron chi connectivity index (χ3n) is 3.97. The lowest BCUT2D eigenvalue weighted by Gasteiger charge is -2.27. The van der Waals surface area contributed by atoms with E-state index in [2.05, 4.69) is 47.5 Å². The third-order valence-corrected chi connectivity index (χ3v) is 3.97. The molecule has 0 saturated carbocycles. The van der Waals surface area contributed by atoms with Crippen LogP contribution in [0.3, 0.4) is 0 Å². The van der Waals surface area contributed by atoms with Crippen molar-refractivity contribution in [1.82, 2.24) is 5.32 Å². The first-order valence-electron chi connectivity index (χ1n) is 7.32. The summed E-state index contributed by atoms with van der Waals surface area (Å²) < 4.78 is 0. The Morgan fingerprint density at radius 2 is 1.95 bits per heavy atom. The standard InChI is InChI=1S/C18H19N3/c1-14-12-21(13-17-8-3-2-6-15(17)10-19)18-9-5-4-7-16(18)11-20-14/h2-9,14,20H,11-13H2,1H3. The highest BCUT2D eigenvalue weighted by Crippen LogP contribution is 2.25. The second kappa shape index (κ2) is 5.99. The van der Waals surface area contributed by atoms with Crippen molar-refractivity contribution in [1.29, 1.82) is 5.26 Å². The number of rotatable bonds is 2. The average Bonchev–Trinajstić information content (AvgIpc) is 2.68. The van der Waals surface area contributed by atoms with Crippen LogP contribution >= 0.6 is 0 Å². The Morgan fingerprint density at radius 1 is 1.19 bits per heavy atom. The van der Waals surface area contributed by atoms with Crippen molar-refractivity contribution in [2.24, 2.45) is 0 Å². The zero-order valence-electron chi connectivity index (χ0n) is 12.2. The van der Waals surface area contributed by atoms with E-state index in [9.17, 15) is 5.26 Å². The minimum absolute atomic E-state index is 0.423. The number of hydrogen-bond donors (Lipinski definition) is 1. The van der Waals surface area contributed by atoms with Gasteiger partial charge in [0.05, 0.1) is 11.6 Å². The topological polar surface area (TPSA) is 39.1 Å². The molecule has 0 spiro atoms. The first kappa shape index (κ1) is 13.7. The number of benzene rings is 2. The molecule has 1 aliphatic rings. The van der Waals surface area contributed by atoms with Crippen molar-refractivity contribution in [3.8, 4) is 6.07 Å². The summed E-state index contributed by atoms with van der Waals surface area (Å²) in [7, 11) is 0. The van der Waals surface area contributed by atoms with Crippen LogP contribution < -0.4 is 10.2 Å². The predicted molar refractivity (Wildman–Crippen MR) is 85.0 cm³/mol. The smallest absolute Gasteiger partial charge is 0.0995 e. The molecule has 1 atom stereocenters. The zero-order valence-corrected chi connectivity index (χ0v) is 12.2. The van der Waals surface area contributed by atoms with E-state index in [0.29, 0.717) is 6.04 Å². The number of nitrogens with one attached hydrogen (secondary N) is 1. The van der Waals surface area contributed by atoms with Gasteiger partial charge in [-0.15, -0.1) is 0 Å². The largest absolute Gasteiger partial charge is 0.365 e. The van der Waals surface area contributed by atoms with E-state index >= 15 is 0 Å². The van der Waals surface area contributed by atoms with Crippen molar-refractivity contribution in [3.63, 3.8) is 0 Å². The molecular weight excluding hydrogens is 258 g/mol. The van der Waals surface area contributed by atoms with E-state index in [1.165, 1.54) is 11.3 Å². The summed E-state index contributed by atoms with van der Waals surface area (Å²) in [6.07, 6.45) is 0. The molecule has 0 radical (unpaired) electrons. The Labute approximate surface area is 125 Å². The molecule has 0 bridgehead atoms. The lowest BCUT2D eigenvalue weighted by Crippen LogP contribution is -2.35. The van der Waals surface area contributed by atoms with Crippen LogP contribution in [0.5, 0.6) is 0 Å². The minimum Gasteiger partial charge on any atom is -0.365 e. The molecule has 0 fully saturated rings. The maximum atomic E-state index is 9.27. The van der Waals surface area contributed by atoms with Crippen LogP contribution in [0.2, 0.25) is 0 Å². The molecule has 1 unspecified atom stereocenters. The molecule has 1 N–H and O–H groups in total. The van der Waals surface area contributed by atoms with Crippen LogP contribution in [0.4, 0.5) is 5.69 Å². The molecular formula is C18H19N3. The van der Waals surface area contributed by atoms with Gasteiger partial charge < -0.3 is 10.2 Å². The normalized spacial score (nSPS) is 17.7. The molecule has 1 heterocycles. The molecule has 0 aliphatic carbocycles. The highest BCUT2D eigenvalue weighted by atomic mass is 15.2. The monoisotopic (exact) mass is 277 g/mol. The SMILES string of the molecule is CC1CN(Cc2ccccc2C#N)c2ccccc2CN1. The number of hydrogen-bond acceptors (Lipinski definition) is 3. The maximum Gasteiger partial charge on any atom is 0.0995 e. The molecule has 3 nitrogen and oxygen atoms in total. The van der Waals surface area contributed by atoms with Gasteiger partial charge in [0.1, 0.15) is 0 Å². The van der Waals surface area contributed by atoms with Gasteiger partial charge in [-0.2, -0.15) is 5.26 Å². The number of fused-ring (bicyclic) bond motifs is 1. The summed E-state index contributed by atoms with van der Waals surface area (Å²) in [5.74, 6) is 0. The number of nitrogens with zero attached hydrogens (tertiary/aromatic N) is 2. The number of nitriles is 1. The highest BCUT2D eigenvalue weighted by molar-refractivity contribution is 5.55. The van der Waals surface area contributed by atoms with E-state index in [1.807, 2.05) is 24.3 Å². The van der Waals surface area contributed by atoms with Gasteiger partial charge in [-0.05, 0) is 30.2 Å². The molecule has 3 rings (SSSR count). The van der Waals surface area contributed by atoms with Crippen LogP contribution in [-0.2, 0) is 13.1 Å². The lowest BCUT2D eigenvalue weighted by atomic mass is 10.1. The van der Waals surface area contributed by atoms with Crippen molar-refractivity contribution >= 4 is 5.69 Å². The molecule has 21 heavy (non-hydrogen) atoms. The summed E-state index contributed by atoms with van der Waals surface area (Å²) in [6.45, 7) is 4.81. The van der Waals surface area contributed by atoms with Crippen LogP contribution in [-0.4, -0.2) is 12.6 Å². The Balaban J connectivity index is 1.95. The summed E-state index contributed by atoms with van der Waals surface area (Å²) in [6, 6.07) is 19.1. The Hall–Kier alpha value is -2.31. The molecule has 0 saturated heterocycles. The van der Waals surface area contributed by atoms with Crippen LogP contribution in [0.15, 0.2) is 48.5 Å². The van der Waals surface area contributed by atoms with Gasteiger partial charge in [0.25, 0.3) is 0 Å². The van der Waals surface area contributed by atoms with Crippen LogP contribution in [0, 0.1) is 11.3 Å². The second-order valence-electron chi connectivity index (χ2n) is 5.56.